The fraction of sp³-hybridized carbons (Fsp3) is 0.636. The van der Waals surface area contributed by atoms with Crippen LogP contribution in [0.3, 0.4) is 0 Å². The summed E-state index contributed by atoms with van der Waals surface area (Å²) in [5, 5.41) is 2.67. The highest BCUT2D eigenvalue weighted by molar-refractivity contribution is 5.86. The lowest BCUT2D eigenvalue weighted by Gasteiger charge is -2.10. The van der Waals surface area contributed by atoms with E-state index < -0.39 is 17.8 Å². The van der Waals surface area contributed by atoms with E-state index in [9.17, 15) is 14.0 Å². The molecule has 1 saturated heterocycles. The van der Waals surface area contributed by atoms with Crippen LogP contribution in [0.25, 0.3) is 0 Å². The lowest BCUT2D eigenvalue weighted by Crippen LogP contribution is -2.27. The lowest BCUT2D eigenvalue weighted by atomic mass is 9.98. The van der Waals surface area contributed by atoms with Gasteiger partial charge in [-0.1, -0.05) is 0 Å². The van der Waals surface area contributed by atoms with E-state index >= 15 is 0 Å². The van der Waals surface area contributed by atoms with Crippen LogP contribution in [-0.4, -0.2) is 31.1 Å². The SMILES string of the molecule is CCOC(=O)/C(F)=C/C(N)CC1CCNC1=O. The van der Waals surface area contributed by atoms with Gasteiger partial charge in [-0.05, 0) is 25.8 Å². The van der Waals surface area contributed by atoms with Crippen LogP contribution < -0.4 is 11.1 Å². The number of ether oxygens (including phenoxy) is 1. The van der Waals surface area contributed by atoms with Crippen molar-refractivity contribution in [1.29, 1.82) is 0 Å². The van der Waals surface area contributed by atoms with Crippen LogP contribution in [0.4, 0.5) is 4.39 Å². The molecule has 0 aromatic rings. The molecule has 1 aliphatic rings. The van der Waals surface area contributed by atoms with Crippen LogP contribution in [0.5, 0.6) is 0 Å². The number of hydrogen-bond donors (Lipinski definition) is 2. The van der Waals surface area contributed by atoms with Gasteiger partial charge in [-0.2, -0.15) is 4.39 Å². The molecular formula is C11H17FN2O3. The first kappa shape index (κ1) is 13.6. The molecule has 0 aromatic heterocycles. The zero-order valence-corrected chi connectivity index (χ0v) is 9.74. The zero-order valence-electron chi connectivity index (χ0n) is 9.74. The summed E-state index contributed by atoms with van der Waals surface area (Å²) in [6.45, 7) is 2.33. The Bertz CT molecular complexity index is 331. The Kier molecular flexibility index (Phi) is 5.09. The van der Waals surface area contributed by atoms with E-state index in [1.165, 1.54) is 0 Å². The molecule has 1 aliphatic heterocycles. The van der Waals surface area contributed by atoms with Gasteiger partial charge in [-0.3, -0.25) is 4.79 Å². The van der Waals surface area contributed by atoms with Gasteiger partial charge >= 0.3 is 5.97 Å². The molecule has 17 heavy (non-hydrogen) atoms. The standard InChI is InChI=1S/C11H17FN2O3/c1-2-17-11(16)9(12)6-8(13)5-7-3-4-14-10(7)15/h6-8H,2-5,13H2,1H3,(H,14,15)/b9-6-. The summed E-state index contributed by atoms with van der Waals surface area (Å²) >= 11 is 0. The predicted molar refractivity (Wildman–Crippen MR) is 59.5 cm³/mol. The van der Waals surface area contributed by atoms with Crippen LogP contribution in [0.15, 0.2) is 11.9 Å². The minimum Gasteiger partial charge on any atom is -0.461 e. The Labute approximate surface area is 99.2 Å². The molecule has 1 heterocycles. The highest BCUT2D eigenvalue weighted by Gasteiger charge is 2.25. The summed E-state index contributed by atoms with van der Waals surface area (Å²) in [6, 6.07) is -0.659. The van der Waals surface area contributed by atoms with E-state index in [-0.39, 0.29) is 18.4 Å². The second-order valence-electron chi connectivity index (χ2n) is 3.91. The summed E-state index contributed by atoms with van der Waals surface area (Å²) in [6.07, 6.45) is 2.03. The molecule has 2 unspecified atom stereocenters. The van der Waals surface area contributed by atoms with Gasteiger partial charge in [0.05, 0.1) is 6.61 Å². The van der Waals surface area contributed by atoms with E-state index in [0.29, 0.717) is 19.4 Å². The molecule has 0 aliphatic carbocycles. The first-order chi connectivity index (χ1) is 8.04. The topological polar surface area (TPSA) is 81.4 Å². The van der Waals surface area contributed by atoms with Crippen LogP contribution in [0.1, 0.15) is 19.8 Å². The molecule has 5 nitrogen and oxygen atoms in total. The minimum atomic E-state index is -1.01. The average Bonchev–Trinajstić information content (AvgIpc) is 2.64. The summed E-state index contributed by atoms with van der Waals surface area (Å²) in [7, 11) is 0. The van der Waals surface area contributed by atoms with Crippen LogP contribution in [-0.2, 0) is 14.3 Å². The van der Waals surface area contributed by atoms with Gasteiger partial charge in [-0.15, -0.1) is 0 Å². The summed E-state index contributed by atoms with van der Waals surface area (Å²) in [5.74, 6) is -2.28. The Hall–Kier alpha value is -1.43. The fourth-order valence-electron chi connectivity index (χ4n) is 1.72. The maximum absolute atomic E-state index is 13.2. The predicted octanol–water partition coefficient (Wildman–Crippen LogP) is 0.256. The molecule has 0 aromatic carbocycles. The van der Waals surface area contributed by atoms with Gasteiger partial charge in [0.2, 0.25) is 11.7 Å². The van der Waals surface area contributed by atoms with E-state index in [1.54, 1.807) is 6.92 Å². The molecule has 0 spiro atoms. The van der Waals surface area contributed by atoms with Crippen molar-refractivity contribution in [1.82, 2.24) is 5.32 Å². The average molecular weight is 244 g/mol. The van der Waals surface area contributed by atoms with E-state index in [0.717, 1.165) is 6.08 Å². The normalized spacial score (nSPS) is 22.2. The quantitative estimate of drug-likeness (QED) is 0.537. The number of halogens is 1. The molecule has 1 rings (SSSR count). The number of amides is 1. The van der Waals surface area contributed by atoms with Gasteiger partial charge in [0.25, 0.3) is 0 Å². The number of nitrogens with two attached hydrogens (primary N) is 1. The minimum absolute atomic E-state index is 0.0645. The number of nitrogens with one attached hydrogen (secondary N) is 1. The Morgan fingerprint density at radius 1 is 1.76 bits per heavy atom. The van der Waals surface area contributed by atoms with Gasteiger partial charge < -0.3 is 15.8 Å². The van der Waals surface area contributed by atoms with Gasteiger partial charge in [0, 0.05) is 18.5 Å². The smallest absolute Gasteiger partial charge is 0.366 e. The van der Waals surface area contributed by atoms with E-state index in [2.05, 4.69) is 10.1 Å². The number of hydrogen-bond acceptors (Lipinski definition) is 4. The van der Waals surface area contributed by atoms with Crippen LogP contribution >= 0.6 is 0 Å². The second kappa shape index (κ2) is 6.34. The number of rotatable bonds is 5. The fourth-order valence-corrected chi connectivity index (χ4v) is 1.72. The molecule has 0 bridgehead atoms. The molecule has 0 radical (unpaired) electrons. The van der Waals surface area contributed by atoms with Crippen molar-refractivity contribution in [3.05, 3.63) is 11.9 Å². The maximum Gasteiger partial charge on any atom is 0.366 e. The Morgan fingerprint density at radius 2 is 2.47 bits per heavy atom. The number of carbonyl (C=O) groups is 2. The van der Waals surface area contributed by atoms with E-state index in [4.69, 9.17) is 5.73 Å². The molecule has 0 saturated carbocycles. The summed E-state index contributed by atoms with van der Waals surface area (Å²) < 4.78 is 17.7. The van der Waals surface area contributed by atoms with Crippen LogP contribution in [0, 0.1) is 5.92 Å². The van der Waals surface area contributed by atoms with E-state index in [1.807, 2.05) is 0 Å². The molecule has 6 heteroatoms. The van der Waals surface area contributed by atoms with Gasteiger partial charge in [0.15, 0.2) is 0 Å². The third-order valence-corrected chi connectivity index (χ3v) is 2.55. The monoisotopic (exact) mass is 244 g/mol. The lowest BCUT2D eigenvalue weighted by molar-refractivity contribution is -0.140. The molecule has 3 N–H and O–H groups in total. The first-order valence-electron chi connectivity index (χ1n) is 5.62. The van der Waals surface area contributed by atoms with Crippen molar-refractivity contribution in [3.63, 3.8) is 0 Å². The van der Waals surface area contributed by atoms with Crippen molar-refractivity contribution in [2.75, 3.05) is 13.2 Å². The Morgan fingerprint density at radius 3 is 3.00 bits per heavy atom. The molecule has 1 fully saturated rings. The van der Waals surface area contributed by atoms with Gasteiger partial charge in [0.1, 0.15) is 0 Å². The molecular weight excluding hydrogens is 227 g/mol. The van der Waals surface area contributed by atoms with Crippen molar-refractivity contribution < 1.29 is 18.7 Å². The highest BCUT2D eigenvalue weighted by Crippen LogP contribution is 2.16. The summed E-state index contributed by atoms with van der Waals surface area (Å²) in [4.78, 5) is 22.2. The van der Waals surface area contributed by atoms with Crippen molar-refractivity contribution >= 4 is 11.9 Å². The Balaban J connectivity index is 2.47. The number of carbonyl (C=O) groups excluding carboxylic acids is 2. The molecule has 1 amide bonds. The zero-order chi connectivity index (χ0) is 12.8. The first-order valence-corrected chi connectivity index (χ1v) is 5.62. The van der Waals surface area contributed by atoms with Crippen molar-refractivity contribution in [2.45, 2.75) is 25.8 Å². The third-order valence-electron chi connectivity index (χ3n) is 2.55. The third kappa shape index (κ3) is 4.14. The van der Waals surface area contributed by atoms with Crippen LogP contribution in [0.2, 0.25) is 0 Å². The number of esters is 1. The summed E-state index contributed by atoms with van der Waals surface area (Å²) in [5.41, 5.74) is 5.65. The second-order valence-corrected chi connectivity index (χ2v) is 3.91. The highest BCUT2D eigenvalue weighted by atomic mass is 19.1. The van der Waals surface area contributed by atoms with Crippen molar-refractivity contribution in [3.8, 4) is 0 Å². The maximum atomic E-state index is 13.2. The van der Waals surface area contributed by atoms with Crippen molar-refractivity contribution in [2.24, 2.45) is 11.7 Å². The largest absolute Gasteiger partial charge is 0.461 e. The molecule has 96 valence electrons. The van der Waals surface area contributed by atoms with Gasteiger partial charge in [-0.25, -0.2) is 4.79 Å². The molecule has 2 atom stereocenters.